The van der Waals surface area contributed by atoms with Crippen molar-refractivity contribution in [1.82, 2.24) is 10.2 Å². The predicted molar refractivity (Wildman–Crippen MR) is 60.4 cm³/mol. The first-order chi connectivity index (χ1) is 6.71. The van der Waals surface area contributed by atoms with Crippen molar-refractivity contribution >= 4 is 0 Å². The van der Waals surface area contributed by atoms with Crippen molar-refractivity contribution < 1.29 is 0 Å². The lowest BCUT2D eigenvalue weighted by Gasteiger charge is -2.44. The predicted octanol–water partition coefficient (Wildman–Crippen LogP) is 1.72. The van der Waals surface area contributed by atoms with E-state index in [1.165, 1.54) is 51.9 Å². The van der Waals surface area contributed by atoms with Crippen molar-refractivity contribution in [1.29, 1.82) is 0 Å². The Bertz CT molecular complexity index is 177. The van der Waals surface area contributed by atoms with Crippen molar-refractivity contribution in [2.75, 3.05) is 33.2 Å². The van der Waals surface area contributed by atoms with Crippen LogP contribution in [0.5, 0.6) is 0 Å². The highest BCUT2D eigenvalue weighted by atomic mass is 15.1. The fraction of sp³-hybridized carbons (Fsp3) is 1.00. The van der Waals surface area contributed by atoms with E-state index in [4.69, 9.17) is 0 Å². The van der Waals surface area contributed by atoms with Gasteiger partial charge in [-0.05, 0) is 63.7 Å². The Morgan fingerprint density at radius 3 is 2.57 bits per heavy atom. The number of hydrogen-bond donors (Lipinski definition) is 1. The maximum atomic E-state index is 3.57. The molecule has 2 saturated heterocycles. The van der Waals surface area contributed by atoms with Crippen LogP contribution in [0.4, 0.5) is 0 Å². The lowest BCUT2D eigenvalue weighted by atomic mass is 9.68. The van der Waals surface area contributed by atoms with E-state index in [0.717, 1.165) is 5.92 Å². The van der Waals surface area contributed by atoms with Gasteiger partial charge in [-0.2, -0.15) is 0 Å². The van der Waals surface area contributed by atoms with Crippen LogP contribution in [-0.4, -0.2) is 38.1 Å². The van der Waals surface area contributed by atoms with Crippen molar-refractivity contribution in [2.45, 2.75) is 32.6 Å². The SMILES string of the molecule is CN1CCC(C2(C)CCCNC2)CC1. The van der Waals surface area contributed by atoms with Gasteiger partial charge in [0.15, 0.2) is 0 Å². The van der Waals surface area contributed by atoms with E-state index < -0.39 is 0 Å². The molecule has 1 unspecified atom stereocenters. The molecule has 0 saturated carbocycles. The van der Waals surface area contributed by atoms with Crippen molar-refractivity contribution in [3.63, 3.8) is 0 Å². The summed E-state index contributed by atoms with van der Waals surface area (Å²) >= 11 is 0. The molecule has 2 fully saturated rings. The molecule has 14 heavy (non-hydrogen) atoms. The molecule has 2 aliphatic heterocycles. The monoisotopic (exact) mass is 196 g/mol. The van der Waals surface area contributed by atoms with Crippen LogP contribution in [-0.2, 0) is 0 Å². The number of piperidine rings is 2. The van der Waals surface area contributed by atoms with E-state index >= 15 is 0 Å². The summed E-state index contributed by atoms with van der Waals surface area (Å²) in [6, 6.07) is 0. The second-order valence-electron chi connectivity index (χ2n) is 5.51. The minimum atomic E-state index is 0.597. The largest absolute Gasteiger partial charge is 0.316 e. The van der Waals surface area contributed by atoms with Crippen LogP contribution in [0.1, 0.15) is 32.6 Å². The molecule has 2 nitrogen and oxygen atoms in total. The van der Waals surface area contributed by atoms with Crippen LogP contribution < -0.4 is 5.32 Å². The highest BCUT2D eigenvalue weighted by molar-refractivity contribution is 4.89. The Kier molecular flexibility index (Phi) is 3.13. The quantitative estimate of drug-likeness (QED) is 0.687. The van der Waals surface area contributed by atoms with E-state index in [0.29, 0.717) is 5.41 Å². The summed E-state index contributed by atoms with van der Waals surface area (Å²) in [7, 11) is 2.25. The van der Waals surface area contributed by atoms with Gasteiger partial charge < -0.3 is 10.2 Å². The van der Waals surface area contributed by atoms with Gasteiger partial charge in [0.2, 0.25) is 0 Å². The molecule has 0 aromatic heterocycles. The van der Waals surface area contributed by atoms with Crippen LogP contribution in [0, 0.1) is 11.3 Å². The second-order valence-corrected chi connectivity index (χ2v) is 5.51. The molecule has 1 N–H and O–H groups in total. The van der Waals surface area contributed by atoms with Gasteiger partial charge in [0.05, 0.1) is 0 Å². The molecule has 1 atom stereocenters. The van der Waals surface area contributed by atoms with E-state index in [-0.39, 0.29) is 0 Å². The number of likely N-dealkylation sites (tertiary alicyclic amines) is 1. The van der Waals surface area contributed by atoms with Gasteiger partial charge in [0, 0.05) is 6.54 Å². The Labute approximate surface area is 88.1 Å². The molecular formula is C12H24N2. The highest BCUT2D eigenvalue weighted by Gasteiger charge is 2.36. The minimum absolute atomic E-state index is 0.597. The third-order valence-electron chi connectivity index (χ3n) is 4.33. The molecule has 2 heteroatoms. The number of hydrogen-bond acceptors (Lipinski definition) is 2. The van der Waals surface area contributed by atoms with Crippen LogP contribution in [0.15, 0.2) is 0 Å². The highest BCUT2D eigenvalue weighted by Crippen LogP contribution is 2.39. The Morgan fingerprint density at radius 2 is 2.00 bits per heavy atom. The number of nitrogens with zero attached hydrogens (tertiary/aromatic N) is 1. The van der Waals surface area contributed by atoms with E-state index in [1.807, 2.05) is 0 Å². The third-order valence-corrected chi connectivity index (χ3v) is 4.33. The summed E-state index contributed by atoms with van der Waals surface area (Å²) < 4.78 is 0. The van der Waals surface area contributed by atoms with Gasteiger partial charge in [0.25, 0.3) is 0 Å². The van der Waals surface area contributed by atoms with Crippen molar-refractivity contribution in [3.8, 4) is 0 Å². The number of rotatable bonds is 1. The molecule has 82 valence electrons. The second kappa shape index (κ2) is 4.19. The minimum Gasteiger partial charge on any atom is -0.316 e. The van der Waals surface area contributed by atoms with Crippen LogP contribution in [0.3, 0.4) is 0 Å². The van der Waals surface area contributed by atoms with Crippen LogP contribution in [0.2, 0.25) is 0 Å². The Morgan fingerprint density at radius 1 is 1.29 bits per heavy atom. The van der Waals surface area contributed by atoms with Gasteiger partial charge in [0.1, 0.15) is 0 Å². The maximum Gasteiger partial charge on any atom is 0.000784 e. The van der Waals surface area contributed by atoms with E-state index in [1.54, 1.807) is 0 Å². The topological polar surface area (TPSA) is 15.3 Å². The molecule has 0 aromatic carbocycles. The van der Waals surface area contributed by atoms with E-state index in [9.17, 15) is 0 Å². The molecule has 0 radical (unpaired) electrons. The number of nitrogens with one attached hydrogen (secondary N) is 1. The average molecular weight is 196 g/mol. The lowest BCUT2D eigenvalue weighted by molar-refractivity contribution is 0.0755. The lowest BCUT2D eigenvalue weighted by Crippen LogP contribution is -2.46. The molecule has 2 rings (SSSR count). The molecule has 0 aliphatic carbocycles. The molecule has 0 spiro atoms. The molecule has 0 aromatic rings. The summed E-state index contributed by atoms with van der Waals surface area (Å²) in [6.45, 7) is 7.60. The van der Waals surface area contributed by atoms with Gasteiger partial charge in [-0.15, -0.1) is 0 Å². The molecule has 2 heterocycles. The zero-order chi connectivity index (χ0) is 10.0. The van der Waals surface area contributed by atoms with Gasteiger partial charge in [-0.25, -0.2) is 0 Å². The summed E-state index contributed by atoms with van der Waals surface area (Å²) in [6.07, 6.45) is 5.64. The summed E-state index contributed by atoms with van der Waals surface area (Å²) in [4.78, 5) is 2.47. The molecule has 0 bridgehead atoms. The van der Waals surface area contributed by atoms with Gasteiger partial charge in [-0.1, -0.05) is 6.92 Å². The molecule has 0 amide bonds. The smallest absolute Gasteiger partial charge is 0.000784 e. The molecule has 2 aliphatic rings. The Balaban J connectivity index is 1.92. The van der Waals surface area contributed by atoms with Crippen LogP contribution >= 0.6 is 0 Å². The first-order valence-electron chi connectivity index (χ1n) is 6.10. The van der Waals surface area contributed by atoms with E-state index in [2.05, 4.69) is 24.2 Å². The third kappa shape index (κ3) is 2.12. The zero-order valence-electron chi connectivity index (χ0n) is 9.68. The maximum absolute atomic E-state index is 3.57. The normalized spacial score (nSPS) is 37.3. The standard InChI is InChI=1S/C12H24N2/c1-12(6-3-7-13-10-12)11-4-8-14(2)9-5-11/h11,13H,3-10H2,1-2H3. The summed E-state index contributed by atoms with van der Waals surface area (Å²) in [5.74, 6) is 0.964. The van der Waals surface area contributed by atoms with Crippen molar-refractivity contribution in [2.24, 2.45) is 11.3 Å². The summed E-state index contributed by atoms with van der Waals surface area (Å²) in [5, 5.41) is 3.57. The van der Waals surface area contributed by atoms with Crippen molar-refractivity contribution in [3.05, 3.63) is 0 Å². The average Bonchev–Trinajstić information content (AvgIpc) is 2.19. The van der Waals surface area contributed by atoms with Gasteiger partial charge >= 0.3 is 0 Å². The first-order valence-corrected chi connectivity index (χ1v) is 6.10. The fourth-order valence-corrected chi connectivity index (χ4v) is 3.13. The zero-order valence-corrected chi connectivity index (χ0v) is 9.68. The fourth-order valence-electron chi connectivity index (χ4n) is 3.13. The first kappa shape index (κ1) is 10.4. The summed E-state index contributed by atoms with van der Waals surface area (Å²) in [5.41, 5.74) is 0.597. The Hall–Kier alpha value is -0.0800. The van der Waals surface area contributed by atoms with Gasteiger partial charge in [-0.3, -0.25) is 0 Å². The molecular weight excluding hydrogens is 172 g/mol. The van der Waals surface area contributed by atoms with Crippen LogP contribution in [0.25, 0.3) is 0 Å².